The molecule has 1 amide bonds. The molecule has 0 aliphatic heterocycles. The van der Waals surface area contributed by atoms with Gasteiger partial charge in [0.05, 0.1) is 5.56 Å². The van der Waals surface area contributed by atoms with E-state index in [-0.39, 0.29) is 11.0 Å². The Labute approximate surface area is 117 Å². The summed E-state index contributed by atoms with van der Waals surface area (Å²) in [5.74, 6) is -1.51. The molecule has 19 heavy (non-hydrogen) atoms. The van der Waals surface area contributed by atoms with Crippen LogP contribution in [-0.4, -0.2) is 18.3 Å². The molecule has 0 aliphatic rings. The van der Waals surface area contributed by atoms with E-state index >= 15 is 0 Å². The Morgan fingerprint density at radius 1 is 1.37 bits per heavy atom. The standard InChI is InChI=1S/C14H18ClF2NO/c1-14(2,6-3-7-15)9-18-13(19)11-5-4-10(16)8-12(11)17/h4-5,8H,3,6-7,9H2,1-2H3,(H,18,19). The van der Waals surface area contributed by atoms with E-state index in [1.807, 2.05) is 13.8 Å². The van der Waals surface area contributed by atoms with Crippen molar-refractivity contribution in [1.29, 1.82) is 0 Å². The van der Waals surface area contributed by atoms with E-state index in [2.05, 4.69) is 5.32 Å². The number of amides is 1. The molecule has 1 rings (SSSR count). The van der Waals surface area contributed by atoms with Crippen LogP contribution >= 0.6 is 11.6 Å². The third-order valence-corrected chi connectivity index (χ3v) is 3.16. The Balaban J connectivity index is 2.60. The van der Waals surface area contributed by atoms with Gasteiger partial charge in [-0.2, -0.15) is 0 Å². The van der Waals surface area contributed by atoms with E-state index in [1.54, 1.807) is 0 Å². The highest BCUT2D eigenvalue weighted by Crippen LogP contribution is 2.21. The van der Waals surface area contributed by atoms with Crippen LogP contribution in [0.5, 0.6) is 0 Å². The van der Waals surface area contributed by atoms with E-state index in [1.165, 1.54) is 0 Å². The van der Waals surface area contributed by atoms with E-state index in [9.17, 15) is 13.6 Å². The second-order valence-corrected chi connectivity index (χ2v) is 5.64. The Bertz CT molecular complexity index is 449. The third kappa shape index (κ3) is 5.15. The summed E-state index contributed by atoms with van der Waals surface area (Å²) in [6, 6.07) is 2.91. The lowest BCUT2D eigenvalue weighted by atomic mass is 9.88. The average molecular weight is 290 g/mol. The lowest BCUT2D eigenvalue weighted by molar-refractivity contribution is 0.0930. The minimum Gasteiger partial charge on any atom is -0.351 e. The zero-order valence-corrected chi connectivity index (χ0v) is 11.9. The second kappa shape index (κ2) is 6.85. The molecule has 0 fully saturated rings. The molecule has 0 bridgehead atoms. The highest BCUT2D eigenvalue weighted by atomic mass is 35.5. The number of rotatable bonds is 6. The average Bonchev–Trinajstić information content (AvgIpc) is 2.34. The van der Waals surface area contributed by atoms with Gasteiger partial charge in [-0.15, -0.1) is 11.6 Å². The van der Waals surface area contributed by atoms with Crippen LogP contribution < -0.4 is 5.32 Å². The Morgan fingerprint density at radius 3 is 2.63 bits per heavy atom. The molecule has 1 N–H and O–H groups in total. The smallest absolute Gasteiger partial charge is 0.254 e. The fourth-order valence-electron chi connectivity index (χ4n) is 1.72. The van der Waals surface area contributed by atoms with Crippen LogP contribution in [0.1, 0.15) is 37.0 Å². The second-order valence-electron chi connectivity index (χ2n) is 5.26. The fraction of sp³-hybridized carbons (Fsp3) is 0.500. The summed E-state index contributed by atoms with van der Waals surface area (Å²) in [7, 11) is 0. The molecular formula is C14H18ClF2NO. The van der Waals surface area contributed by atoms with Crippen molar-refractivity contribution in [3.05, 3.63) is 35.4 Å². The first-order chi connectivity index (χ1) is 8.85. The predicted octanol–water partition coefficient (Wildman–Crippen LogP) is 3.74. The Kier molecular flexibility index (Phi) is 5.73. The van der Waals surface area contributed by atoms with Crippen molar-refractivity contribution in [3.63, 3.8) is 0 Å². The van der Waals surface area contributed by atoms with Crippen molar-refractivity contribution in [2.75, 3.05) is 12.4 Å². The summed E-state index contributed by atoms with van der Waals surface area (Å²) in [5, 5.41) is 2.66. The summed E-state index contributed by atoms with van der Waals surface area (Å²) < 4.78 is 26.1. The van der Waals surface area contributed by atoms with Crippen molar-refractivity contribution < 1.29 is 13.6 Å². The minimum absolute atomic E-state index is 0.110. The van der Waals surface area contributed by atoms with Crippen LogP contribution in [0.2, 0.25) is 0 Å². The number of benzene rings is 1. The van der Waals surface area contributed by atoms with Gasteiger partial charge in [0.25, 0.3) is 5.91 Å². The lowest BCUT2D eigenvalue weighted by Crippen LogP contribution is -2.34. The first kappa shape index (κ1) is 15.9. The van der Waals surface area contributed by atoms with Crippen LogP contribution in [0.15, 0.2) is 18.2 Å². The third-order valence-electron chi connectivity index (χ3n) is 2.89. The first-order valence-electron chi connectivity index (χ1n) is 6.15. The van der Waals surface area contributed by atoms with Gasteiger partial charge in [0.2, 0.25) is 0 Å². The van der Waals surface area contributed by atoms with Gasteiger partial charge in [-0.3, -0.25) is 4.79 Å². The van der Waals surface area contributed by atoms with Gasteiger partial charge in [-0.1, -0.05) is 13.8 Å². The topological polar surface area (TPSA) is 29.1 Å². The largest absolute Gasteiger partial charge is 0.351 e. The molecule has 0 spiro atoms. The quantitative estimate of drug-likeness (QED) is 0.794. The Hall–Kier alpha value is -1.16. The van der Waals surface area contributed by atoms with Crippen LogP contribution in [0.3, 0.4) is 0 Å². The monoisotopic (exact) mass is 289 g/mol. The maximum absolute atomic E-state index is 13.4. The SMILES string of the molecule is CC(C)(CCCCl)CNC(=O)c1ccc(F)cc1F. The zero-order chi connectivity index (χ0) is 14.5. The number of hydrogen-bond donors (Lipinski definition) is 1. The molecule has 0 saturated carbocycles. The van der Waals surface area contributed by atoms with Gasteiger partial charge in [-0.25, -0.2) is 8.78 Å². The highest BCUT2D eigenvalue weighted by molar-refractivity contribution is 6.17. The van der Waals surface area contributed by atoms with Gasteiger partial charge in [0.1, 0.15) is 11.6 Å². The molecule has 2 nitrogen and oxygen atoms in total. The number of nitrogens with one attached hydrogen (secondary N) is 1. The highest BCUT2D eigenvalue weighted by Gasteiger charge is 2.20. The molecule has 5 heteroatoms. The lowest BCUT2D eigenvalue weighted by Gasteiger charge is -2.24. The van der Waals surface area contributed by atoms with Crippen LogP contribution in [0.25, 0.3) is 0 Å². The van der Waals surface area contributed by atoms with Crippen molar-refractivity contribution in [2.45, 2.75) is 26.7 Å². The summed E-state index contributed by atoms with van der Waals surface area (Å²) in [6.07, 6.45) is 1.72. The van der Waals surface area contributed by atoms with E-state index in [4.69, 9.17) is 11.6 Å². The molecule has 106 valence electrons. The van der Waals surface area contributed by atoms with Crippen molar-refractivity contribution >= 4 is 17.5 Å². The predicted molar refractivity (Wildman–Crippen MR) is 72.4 cm³/mol. The summed E-state index contributed by atoms with van der Waals surface area (Å²) >= 11 is 5.63. The maximum atomic E-state index is 13.4. The van der Waals surface area contributed by atoms with E-state index < -0.39 is 17.5 Å². The summed E-state index contributed by atoms with van der Waals surface area (Å²) in [6.45, 7) is 4.42. The molecule has 0 radical (unpaired) electrons. The molecule has 0 unspecified atom stereocenters. The van der Waals surface area contributed by atoms with Crippen LogP contribution in [-0.2, 0) is 0 Å². The molecule has 1 aromatic carbocycles. The van der Waals surface area contributed by atoms with Gasteiger partial charge < -0.3 is 5.32 Å². The Morgan fingerprint density at radius 2 is 2.05 bits per heavy atom. The minimum atomic E-state index is -0.851. The molecule has 0 aromatic heterocycles. The number of carbonyl (C=O) groups is 1. The maximum Gasteiger partial charge on any atom is 0.254 e. The zero-order valence-electron chi connectivity index (χ0n) is 11.1. The van der Waals surface area contributed by atoms with E-state index in [0.29, 0.717) is 18.5 Å². The van der Waals surface area contributed by atoms with Crippen LogP contribution in [0.4, 0.5) is 8.78 Å². The number of hydrogen-bond acceptors (Lipinski definition) is 1. The number of carbonyl (C=O) groups excluding carboxylic acids is 1. The summed E-state index contributed by atoms with van der Waals surface area (Å²) in [4.78, 5) is 11.8. The van der Waals surface area contributed by atoms with Gasteiger partial charge >= 0.3 is 0 Å². The fourth-order valence-corrected chi connectivity index (χ4v) is 1.86. The first-order valence-corrected chi connectivity index (χ1v) is 6.68. The molecule has 1 aromatic rings. The van der Waals surface area contributed by atoms with Gasteiger partial charge in [-0.05, 0) is 30.4 Å². The normalized spacial score (nSPS) is 11.4. The number of halogens is 3. The van der Waals surface area contributed by atoms with Crippen molar-refractivity contribution in [3.8, 4) is 0 Å². The van der Waals surface area contributed by atoms with Gasteiger partial charge in [0.15, 0.2) is 0 Å². The molecule has 0 atom stereocenters. The van der Waals surface area contributed by atoms with Crippen LogP contribution in [0, 0.1) is 17.0 Å². The van der Waals surface area contributed by atoms with E-state index in [0.717, 1.165) is 25.0 Å². The van der Waals surface area contributed by atoms with Crippen molar-refractivity contribution in [1.82, 2.24) is 5.32 Å². The van der Waals surface area contributed by atoms with Gasteiger partial charge in [0, 0.05) is 18.5 Å². The summed E-state index contributed by atoms with van der Waals surface area (Å²) in [5.41, 5.74) is -0.254. The van der Waals surface area contributed by atoms with Crippen molar-refractivity contribution in [2.24, 2.45) is 5.41 Å². The number of alkyl halides is 1. The molecule has 0 saturated heterocycles. The molecule has 0 heterocycles. The molecular weight excluding hydrogens is 272 g/mol. The molecule has 0 aliphatic carbocycles.